The fourth-order valence-corrected chi connectivity index (χ4v) is 2.37. The zero-order chi connectivity index (χ0) is 16.5. The summed E-state index contributed by atoms with van der Waals surface area (Å²) >= 11 is 0. The minimum atomic E-state index is -0.454. The van der Waals surface area contributed by atoms with E-state index in [0.717, 1.165) is 25.9 Å². The lowest BCUT2D eigenvalue weighted by molar-refractivity contribution is -0.117. The summed E-state index contributed by atoms with van der Waals surface area (Å²) in [4.78, 5) is 20.2. The molecule has 7 heteroatoms. The Hall–Kier alpha value is -2.28. The summed E-state index contributed by atoms with van der Waals surface area (Å²) in [5.41, 5.74) is 5.91. The van der Waals surface area contributed by atoms with Crippen molar-refractivity contribution in [3.63, 3.8) is 0 Å². The van der Waals surface area contributed by atoms with Crippen LogP contribution < -0.4 is 16.4 Å². The molecule has 1 aliphatic heterocycles. The molecule has 1 atom stereocenters. The molecule has 1 aliphatic rings. The minimum Gasteiger partial charge on any atom is -0.404 e. The largest absolute Gasteiger partial charge is 0.404 e. The molecule has 6 nitrogen and oxygen atoms in total. The van der Waals surface area contributed by atoms with Crippen LogP contribution in [-0.4, -0.2) is 36.7 Å². The SMILES string of the molecule is NC=C(C=NCC1CCCNC1)C(=O)NCc1ncccc1F. The third-order valence-corrected chi connectivity index (χ3v) is 3.69. The standard InChI is InChI=1S/C16H22FN5O/c17-14-4-2-6-21-15(14)11-22-16(23)13(7-18)10-20-9-12-3-1-5-19-8-12/h2,4,6-7,10,12,19H,1,3,5,8-9,11,18H2,(H,22,23). The van der Waals surface area contributed by atoms with Crippen molar-refractivity contribution in [1.29, 1.82) is 0 Å². The maximum atomic E-state index is 13.4. The van der Waals surface area contributed by atoms with Gasteiger partial charge < -0.3 is 16.4 Å². The van der Waals surface area contributed by atoms with E-state index < -0.39 is 11.7 Å². The van der Waals surface area contributed by atoms with Crippen LogP contribution in [0.15, 0.2) is 35.1 Å². The van der Waals surface area contributed by atoms with E-state index >= 15 is 0 Å². The molecular weight excluding hydrogens is 297 g/mol. The monoisotopic (exact) mass is 319 g/mol. The fourth-order valence-electron chi connectivity index (χ4n) is 2.37. The Morgan fingerprint density at radius 3 is 3.17 bits per heavy atom. The maximum absolute atomic E-state index is 13.4. The molecule has 4 N–H and O–H groups in total. The number of nitrogens with two attached hydrogens (primary N) is 1. The van der Waals surface area contributed by atoms with Crippen molar-refractivity contribution in [3.8, 4) is 0 Å². The number of amides is 1. The number of piperidine rings is 1. The first-order valence-corrected chi connectivity index (χ1v) is 7.70. The zero-order valence-corrected chi connectivity index (χ0v) is 13.0. The van der Waals surface area contributed by atoms with Crippen LogP contribution in [0.3, 0.4) is 0 Å². The van der Waals surface area contributed by atoms with E-state index in [4.69, 9.17) is 5.73 Å². The van der Waals surface area contributed by atoms with Crippen LogP contribution in [0, 0.1) is 11.7 Å². The Bertz CT molecular complexity index is 582. The highest BCUT2D eigenvalue weighted by Gasteiger charge is 2.12. The molecule has 1 aromatic heterocycles. The number of hydrogen-bond acceptors (Lipinski definition) is 5. The lowest BCUT2D eigenvalue weighted by Crippen LogP contribution is -2.31. The van der Waals surface area contributed by atoms with Gasteiger partial charge in [-0.2, -0.15) is 0 Å². The Morgan fingerprint density at radius 1 is 1.61 bits per heavy atom. The molecule has 1 amide bonds. The van der Waals surface area contributed by atoms with Crippen LogP contribution >= 0.6 is 0 Å². The van der Waals surface area contributed by atoms with Gasteiger partial charge in [-0.25, -0.2) is 4.39 Å². The summed E-state index contributed by atoms with van der Waals surface area (Å²) in [6.45, 7) is 2.67. The summed E-state index contributed by atoms with van der Waals surface area (Å²) in [5, 5.41) is 5.90. The quantitative estimate of drug-likeness (QED) is 0.533. The molecule has 0 bridgehead atoms. The van der Waals surface area contributed by atoms with Crippen molar-refractivity contribution in [2.45, 2.75) is 19.4 Å². The second kappa shape index (κ2) is 8.99. The molecule has 0 aromatic carbocycles. The minimum absolute atomic E-state index is 0.00321. The third kappa shape index (κ3) is 5.45. The van der Waals surface area contributed by atoms with E-state index in [1.165, 1.54) is 30.7 Å². The Kier molecular flexibility index (Phi) is 6.68. The zero-order valence-electron chi connectivity index (χ0n) is 13.0. The number of carbonyl (C=O) groups excluding carboxylic acids is 1. The summed E-state index contributed by atoms with van der Waals surface area (Å²) in [6.07, 6.45) is 6.43. The van der Waals surface area contributed by atoms with Crippen molar-refractivity contribution in [1.82, 2.24) is 15.6 Å². The number of pyridine rings is 1. The molecular formula is C16H22FN5O. The number of aromatic nitrogens is 1. The van der Waals surface area contributed by atoms with E-state index in [0.29, 0.717) is 12.5 Å². The van der Waals surface area contributed by atoms with Crippen LogP contribution in [-0.2, 0) is 11.3 Å². The van der Waals surface area contributed by atoms with E-state index in [1.54, 1.807) is 0 Å². The van der Waals surface area contributed by atoms with Gasteiger partial charge in [-0.3, -0.25) is 14.8 Å². The van der Waals surface area contributed by atoms with Gasteiger partial charge in [0.25, 0.3) is 5.91 Å². The lowest BCUT2D eigenvalue weighted by Gasteiger charge is -2.20. The summed E-state index contributed by atoms with van der Waals surface area (Å²) in [5.74, 6) is -0.364. The highest BCUT2D eigenvalue weighted by atomic mass is 19.1. The Balaban J connectivity index is 1.82. The Morgan fingerprint density at radius 2 is 2.48 bits per heavy atom. The predicted molar refractivity (Wildman–Crippen MR) is 87.3 cm³/mol. The van der Waals surface area contributed by atoms with Crippen molar-refractivity contribution < 1.29 is 9.18 Å². The van der Waals surface area contributed by atoms with Crippen molar-refractivity contribution in [3.05, 3.63) is 41.6 Å². The van der Waals surface area contributed by atoms with Crippen molar-refractivity contribution in [2.24, 2.45) is 16.6 Å². The molecule has 1 aromatic rings. The summed E-state index contributed by atoms with van der Waals surface area (Å²) in [6, 6.07) is 2.80. The van der Waals surface area contributed by atoms with E-state index in [-0.39, 0.29) is 17.8 Å². The lowest BCUT2D eigenvalue weighted by atomic mass is 10.0. The van der Waals surface area contributed by atoms with Crippen LogP contribution in [0.4, 0.5) is 4.39 Å². The topological polar surface area (TPSA) is 92.4 Å². The number of aliphatic imine (C=N–C) groups is 1. The van der Waals surface area contributed by atoms with Gasteiger partial charge in [0.1, 0.15) is 5.82 Å². The molecule has 2 rings (SSSR count). The predicted octanol–water partition coefficient (Wildman–Crippen LogP) is 0.750. The number of hydrogen-bond donors (Lipinski definition) is 3. The van der Waals surface area contributed by atoms with Crippen molar-refractivity contribution in [2.75, 3.05) is 19.6 Å². The molecule has 23 heavy (non-hydrogen) atoms. The molecule has 1 unspecified atom stereocenters. The van der Waals surface area contributed by atoms with Crippen molar-refractivity contribution >= 4 is 12.1 Å². The number of carbonyl (C=O) groups is 1. The van der Waals surface area contributed by atoms with Gasteiger partial charge in [0, 0.05) is 25.2 Å². The molecule has 2 heterocycles. The third-order valence-electron chi connectivity index (χ3n) is 3.69. The average molecular weight is 319 g/mol. The van der Waals surface area contributed by atoms with Gasteiger partial charge in [-0.1, -0.05) is 0 Å². The van der Waals surface area contributed by atoms with Gasteiger partial charge in [0.05, 0.1) is 17.8 Å². The summed E-state index contributed by atoms with van der Waals surface area (Å²) < 4.78 is 13.4. The molecule has 0 saturated carbocycles. The molecule has 1 saturated heterocycles. The van der Waals surface area contributed by atoms with Gasteiger partial charge in [-0.05, 0) is 44.0 Å². The van der Waals surface area contributed by atoms with Gasteiger partial charge in [0.15, 0.2) is 0 Å². The highest BCUT2D eigenvalue weighted by molar-refractivity contribution is 6.11. The molecule has 0 spiro atoms. The second-order valence-corrected chi connectivity index (χ2v) is 5.44. The van der Waals surface area contributed by atoms with Crippen LogP contribution in [0.2, 0.25) is 0 Å². The molecule has 1 fully saturated rings. The van der Waals surface area contributed by atoms with Gasteiger partial charge in [0.2, 0.25) is 0 Å². The smallest absolute Gasteiger partial charge is 0.254 e. The number of halogens is 1. The van der Waals surface area contributed by atoms with Crippen LogP contribution in [0.5, 0.6) is 0 Å². The fraction of sp³-hybridized carbons (Fsp3) is 0.438. The first kappa shape index (κ1) is 17.1. The first-order chi connectivity index (χ1) is 11.2. The highest BCUT2D eigenvalue weighted by Crippen LogP contribution is 2.09. The normalized spacial score (nSPS) is 19.0. The van der Waals surface area contributed by atoms with Gasteiger partial charge >= 0.3 is 0 Å². The number of nitrogens with zero attached hydrogens (tertiary/aromatic N) is 2. The first-order valence-electron chi connectivity index (χ1n) is 7.70. The van der Waals surface area contributed by atoms with Crippen LogP contribution in [0.1, 0.15) is 18.5 Å². The van der Waals surface area contributed by atoms with E-state index in [9.17, 15) is 9.18 Å². The Labute approximate surface area is 135 Å². The molecule has 124 valence electrons. The second-order valence-electron chi connectivity index (χ2n) is 5.44. The molecule has 0 aliphatic carbocycles. The number of rotatable bonds is 6. The molecule has 0 radical (unpaired) electrons. The maximum Gasteiger partial charge on any atom is 0.254 e. The van der Waals surface area contributed by atoms with Gasteiger partial charge in [-0.15, -0.1) is 0 Å². The van der Waals surface area contributed by atoms with E-state index in [1.807, 2.05) is 0 Å². The summed E-state index contributed by atoms with van der Waals surface area (Å²) in [7, 11) is 0. The average Bonchev–Trinajstić information content (AvgIpc) is 2.59. The van der Waals surface area contributed by atoms with E-state index in [2.05, 4.69) is 20.6 Å². The number of nitrogens with one attached hydrogen (secondary N) is 2. The van der Waals surface area contributed by atoms with Crippen LogP contribution in [0.25, 0.3) is 0 Å².